The standard InChI is InChI=1S/C9H13N3O3S/c1-3-9(5-10)16(13,14)11-6-8-4-7(2)15-12-8/h4,9,11H,3,6H2,1-2H3. The van der Waals surface area contributed by atoms with Gasteiger partial charge in [-0.1, -0.05) is 12.1 Å². The van der Waals surface area contributed by atoms with Crippen LogP contribution in [0.15, 0.2) is 10.6 Å². The maximum atomic E-state index is 11.6. The van der Waals surface area contributed by atoms with Gasteiger partial charge in [0, 0.05) is 6.07 Å². The Morgan fingerprint density at radius 1 is 1.69 bits per heavy atom. The van der Waals surface area contributed by atoms with E-state index >= 15 is 0 Å². The summed E-state index contributed by atoms with van der Waals surface area (Å²) in [5, 5.41) is 11.3. The van der Waals surface area contributed by atoms with Gasteiger partial charge >= 0.3 is 0 Å². The second-order valence-corrected chi connectivity index (χ2v) is 5.27. The summed E-state index contributed by atoms with van der Waals surface area (Å²) in [4.78, 5) is 0. The van der Waals surface area contributed by atoms with Gasteiger partial charge in [0.2, 0.25) is 10.0 Å². The minimum absolute atomic E-state index is 0.0395. The van der Waals surface area contributed by atoms with Gasteiger partial charge < -0.3 is 4.52 Å². The first-order valence-electron chi connectivity index (χ1n) is 4.80. The lowest BCUT2D eigenvalue weighted by molar-refractivity contribution is 0.390. The molecule has 1 aromatic heterocycles. The molecule has 1 rings (SSSR count). The van der Waals surface area contributed by atoms with Crippen molar-refractivity contribution in [3.63, 3.8) is 0 Å². The molecule has 0 bridgehead atoms. The Kier molecular flexibility index (Phi) is 4.04. The molecule has 0 aliphatic carbocycles. The number of hydrogen-bond donors (Lipinski definition) is 1. The fraction of sp³-hybridized carbons (Fsp3) is 0.556. The molecule has 0 spiro atoms. The Morgan fingerprint density at radius 2 is 2.38 bits per heavy atom. The van der Waals surface area contributed by atoms with E-state index in [4.69, 9.17) is 9.78 Å². The smallest absolute Gasteiger partial charge is 0.228 e. The van der Waals surface area contributed by atoms with E-state index in [1.807, 2.05) is 0 Å². The SMILES string of the molecule is CCC(C#N)S(=O)(=O)NCc1cc(C)on1. The molecule has 88 valence electrons. The van der Waals surface area contributed by atoms with Crippen LogP contribution in [0.1, 0.15) is 24.8 Å². The summed E-state index contributed by atoms with van der Waals surface area (Å²) in [7, 11) is -3.60. The molecule has 0 fully saturated rings. The average molecular weight is 243 g/mol. The second-order valence-electron chi connectivity index (χ2n) is 3.32. The molecule has 1 unspecified atom stereocenters. The van der Waals surface area contributed by atoms with Crippen LogP contribution in [0.2, 0.25) is 0 Å². The molecule has 7 heteroatoms. The van der Waals surface area contributed by atoms with E-state index in [1.165, 1.54) is 0 Å². The minimum Gasteiger partial charge on any atom is -0.361 e. The molecule has 1 aromatic rings. The van der Waals surface area contributed by atoms with Crippen molar-refractivity contribution in [1.29, 1.82) is 5.26 Å². The number of nitrogens with one attached hydrogen (secondary N) is 1. The van der Waals surface area contributed by atoms with Crippen molar-refractivity contribution in [2.75, 3.05) is 0 Å². The van der Waals surface area contributed by atoms with Gasteiger partial charge in [0.15, 0.2) is 5.25 Å². The zero-order valence-corrected chi connectivity index (χ0v) is 9.91. The fourth-order valence-corrected chi connectivity index (χ4v) is 2.28. The zero-order valence-electron chi connectivity index (χ0n) is 9.10. The number of aromatic nitrogens is 1. The summed E-state index contributed by atoms with van der Waals surface area (Å²) in [6.07, 6.45) is 0.254. The molecular formula is C9H13N3O3S. The Labute approximate surface area is 94.3 Å². The lowest BCUT2D eigenvalue weighted by Crippen LogP contribution is -2.32. The first kappa shape index (κ1) is 12.7. The summed E-state index contributed by atoms with van der Waals surface area (Å²) < 4.78 is 30.3. The number of sulfonamides is 1. The third-order valence-corrected chi connectivity index (χ3v) is 3.76. The van der Waals surface area contributed by atoms with Crippen LogP contribution in [0.3, 0.4) is 0 Å². The highest BCUT2D eigenvalue weighted by molar-refractivity contribution is 7.90. The lowest BCUT2D eigenvalue weighted by Gasteiger charge is -2.08. The second kappa shape index (κ2) is 5.09. The molecule has 0 aliphatic rings. The molecule has 0 radical (unpaired) electrons. The molecule has 1 N–H and O–H groups in total. The quantitative estimate of drug-likeness (QED) is 0.821. The van der Waals surface area contributed by atoms with Crippen LogP contribution >= 0.6 is 0 Å². The lowest BCUT2D eigenvalue weighted by atomic mass is 10.4. The van der Waals surface area contributed by atoms with E-state index < -0.39 is 15.3 Å². The molecule has 6 nitrogen and oxygen atoms in total. The van der Waals surface area contributed by atoms with E-state index in [0.29, 0.717) is 11.5 Å². The normalized spacial score (nSPS) is 13.3. The van der Waals surface area contributed by atoms with Crippen molar-refractivity contribution in [3.05, 3.63) is 17.5 Å². The highest BCUT2D eigenvalue weighted by atomic mass is 32.2. The number of nitriles is 1. The van der Waals surface area contributed by atoms with Crippen molar-refractivity contribution in [2.24, 2.45) is 0 Å². The van der Waals surface area contributed by atoms with Crippen molar-refractivity contribution >= 4 is 10.0 Å². The minimum atomic E-state index is -3.60. The van der Waals surface area contributed by atoms with E-state index in [0.717, 1.165) is 0 Å². The van der Waals surface area contributed by atoms with Crippen molar-refractivity contribution in [2.45, 2.75) is 32.1 Å². The number of rotatable bonds is 5. The molecule has 0 aromatic carbocycles. The van der Waals surface area contributed by atoms with E-state index in [1.54, 1.807) is 26.0 Å². The van der Waals surface area contributed by atoms with E-state index in [2.05, 4.69) is 9.88 Å². The predicted molar refractivity (Wildman–Crippen MR) is 56.7 cm³/mol. The van der Waals surface area contributed by atoms with Crippen molar-refractivity contribution in [3.8, 4) is 6.07 Å². The van der Waals surface area contributed by atoms with Gasteiger partial charge in [-0.2, -0.15) is 5.26 Å². The number of hydrogen-bond acceptors (Lipinski definition) is 5. The summed E-state index contributed by atoms with van der Waals surface area (Å²) in [6, 6.07) is 3.37. The van der Waals surface area contributed by atoms with Crippen LogP contribution in [0.25, 0.3) is 0 Å². The van der Waals surface area contributed by atoms with Gasteiger partial charge in [0.05, 0.1) is 18.3 Å². The Hall–Kier alpha value is -1.39. The summed E-state index contributed by atoms with van der Waals surface area (Å²) in [5.74, 6) is 0.613. The molecule has 0 saturated heterocycles. The Bertz CT molecular complexity index is 486. The number of aryl methyl sites for hydroxylation is 1. The van der Waals surface area contributed by atoms with Crippen LogP contribution in [0.4, 0.5) is 0 Å². The maximum Gasteiger partial charge on any atom is 0.228 e. The third kappa shape index (κ3) is 3.05. The van der Waals surface area contributed by atoms with Gasteiger partial charge in [-0.15, -0.1) is 0 Å². The maximum absolute atomic E-state index is 11.6. The molecular weight excluding hydrogens is 230 g/mol. The summed E-state index contributed by atoms with van der Waals surface area (Å²) in [5.41, 5.74) is 0.494. The number of nitrogens with zero attached hydrogens (tertiary/aromatic N) is 2. The average Bonchev–Trinajstić information content (AvgIpc) is 2.63. The van der Waals surface area contributed by atoms with Crippen LogP contribution in [0, 0.1) is 18.3 Å². The van der Waals surface area contributed by atoms with E-state index in [9.17, 15) is 8.42 Å². The van der Waals surface area contributed by atoms with Crippen molar-refractivity contribution in [1.82, 2.24) is 9.88 Å². The highest BCUT2D eigenvalue weighted by Gasteiger charge is 2.23. The molecule has 0 saturated carbocycles. The highest BCUT2D eigenvalue weighted by Crippen LogP contribution is 2.05. The molecule has 1 heterocycles. The molecule has 0 amide bonds. The van der Waals surface area contributed by atoms with Gasteiger partial charge in [-0.05, 0) is 13.3 Å². The first-order chi connectivity index (χ1) is 7.49. The molecule has 1 atom stereocenters. The van der Waals surface area contributed by atoms with Gasteiger partial charge in [0.25, 0.3) is 0 Å². The van der Waals surface area contributed by atoms with Crippen LogP contribution < -0.4 is 4.72 Å². The van der Waals surface area contributed by atoms with Gasteiger partial charge in [-0.25, -0.2) is 13.1 Å². The summed E-state index contributed by atoms with van der Waals surface area (Å²) in [6.45, 7) is 3.40. The third-order valence-electron chi connectivity index (χ3n) is 2.02. The monoisotopic (exact) mass is 243 g/mol. The first-order valence-corrected chi connectivity index (χ1v) is 6.34. The molecule has 16 heavy (non-hydrogen) atoms. The predicted octanol–water partition coefficient (Wildman–Crippen LogP) is 0.705. The summed E-state index contributed by atoms with van der Waals surface area (Å²) >= 11 is 0. The van der Waals surface area contributed by atoms with Crippen LogP contribution in [-0.2, 0) is 16.6 Å². The largest absolute Gasteiger partial charge is 0.361 e. The van der Waals surface area contributed by atoms with Crippen molar-refractivity contribution < 1.29 is 12.9 Å². The van der Waals surface area contributed by atoms with Gasteiger partial charge in [-0.3, -0.25) is 0 Å². The molecule has 0 aliphatic heterocycles. The van der Waals surface area contributed by atoms with Gasteiger partial charge in [0.1, 0.15) is 5.76 Å². The van der Waals surface area contributed by atoms with E-state index in [-0.39, 0.29) is 13.0 Å². The fourth-order valence-electron chi connectivity index (χ4n) is 1.16. The Balaban J connectivity index is 2.65. The topological polar surface area (TPSA) is 96.0 Å². The Morgan fingerprint density at radius 3 is 2.81 bits per heavy atom. The van der Waals surface area contributed by atoms with Crippen LogP contribution in [-0.4, -0.2) is 18.8 Å². The van der Waals surface area contributed by atoms with Crippen LogP contribution in [0.5, 0.6) is 0 Å². The zero-order chi connectivity index (χ0) is 12.2.